The van der Waals surface area contributed by atoms with Crippen molar-refractivity contribution in [3.05, 3.63) is 64.7 Å². The van der Waals surface area contributed by atoms with E-state index in [1.807, 2.05) is 0 Å². The molecular weight excluding hydrogens is 490 g/mol. The van der Waals surface area contributed by atoms with E-state index >= 15 is 0 Å². The lowest BCUT2D eigenvalue weighted by atomic mass is 10.0. The summed E-state index contributed by atoms with van der Waals surface area (Å²) in [6.45, 7) is 4.93. The van der Waals surface area contributed by atoms with Crippen LogP contribution in [0.2, 0.25) is 0 Å². The Balaban J connectivity index is 1.61. The number of rotatable bonds is 7. The van der Waals surface area contributed by atoms with Crippen molar-refractivity contribution in [2.45, 2.75) is 71.0 Å². The Morgan fingerprint density at radius 1 is 1.08 bits per heavy atom. The predicted octanol–water partition coefficient (Wildman–Crippen LogP) is 3.94. The van der Waals surface area contributed by atoms with Crippen LogP contribution in [0.15, 0.2) is 30.3 Å². The Hall–Kier alpha value is -3.43. The van der Waals surface area contributed by atoms with Crippen LogP contribution in [0.4, 0.5) is 23.2 Å². The highest BCUT2D eigenvalue weighted by Crippen LogP contribution is 2.45. The fourth-order valence-corrected chi connectivity index (χ4v) is 4.57. The average molecular weight is 520 g/mol. The second-order valence-corrected chi connectivity index (χ2v) is 10.3. The first-order chi connectivity index (χ1) is 17.4. The number of hydrogen-bond donors (Lipinski definition) is 2. The Kier molecular flexibility index (Phi) is 7.30. The number of amides is 3. The second kappa shape index (κ2) is 10.1. The summed E-state index contributed by atoms with van der Waals surface area (Å²) < 4.78 is 57.7. The standard InChI is InChI=1S/C27H29F4N3O3/c1-14(2)34-23-16(22(31)18(29)13-19(23)30)8-9-20(25(34)36)32-24(35)21(33-26(37)27(3)10-11-27)12-15-6-4-5-7-17(15)28/h4-7,13-14,20-21H,8-12H2,1-3H3,(H,32,35)(H,33,37)/t20-,21-/m1/s1. The number of nitrogens with one attached hydrogen (secondary N) is 2. The highest BCUT2D eigenvalue weighted by Gasteiger charge is 2.46. The maximum absolute atomic E-state index is 14.8. The third kappa shape index (κ3) is 5.33. The molecule has 198 valence electrons. The maximum Gasteiger partial charge on any atom is 0.249 e. The third-order valence-corrected chi connectivity index (χ3v) is 7.08. The van der Waals surface area contributed by atoms with Crippen LogP contribution in [0, 0.1) is 28.7 Å². The van der Waals surface area contributed by atoms with Gasteiger partial charge in [0.2, 0.25) is 17.7 Å². The SMILES string of the molecule is CC(C)N1C(=O)[C@H](NC(=O)[C@@H](Cc2ccccc2F)NC(=O)C2(C)CC2)CCc2c(F)c(F)cc(F)c21. The van der Waals surface area contributed by atoms with E-state index in [1.165, 1.54) is 18.2 Å². The van der Waals surface area contributed by atoms with Crippen molar-refractivity contribution in [1.82, 2.24) is 10.6 Å². The molecule has 1 fully saturated rings. The quantitative estimate of drug-likeness (QED) is 0.430. The number of carbonyl (C=O) groups excluding carboxylic acids is 3. The van der Waals surface area contributed by atoms with E-state index in [-0.39, 0.29) is 42.0 Å². The summed E-state index contributed by atoms with van der Waals surface area (Å²) in [5, 5.41) is 5.27. The molecule has 1 aliphatic heterocycles. The molecule has 37 heavy (non-hydrogen) atoms. The lowest BCUT2D eigenvalue weighted by Crippen LogP contribution is -2.56. The smallest absolute Gasteiger partial charge is 0.249 e. The number of fused-ring (bicyclic) bond motifs is 1. The number of hydrogen-bond acceptors (Lipinski definition) is 3. The molecule has 1 aliphatic carbocycles. The van der Waals surface area contributed by atoms with Crippen LogP contribution in [-0.2, 0) is 27.2 Å². The molecule has 0 bridgehead atoms. The van der Waals surface area contributed by atoms with Gasteiger partial charge in [0, 0.05) is 29.5 Å². The zero-order valence-corrected chi connectivity index (χ0v) is 20.8. The third-order valence-electron chi connectivity index (χ3n) is 7.08. The fraction of sp³-hybridized carbons (Fsp3) is 0.444. The molecule has 0 spiro atoms. The van der Waals surface area contributed by atoms with Crippen LogP contribution < -0.4 is 15.5 Å². The van der Waals surface area contributed by atoms with Crippen molar-refractivity contribution in [1.29, 1.82) is 0 Å². The molecule has 0 unspecified atom stereocenters. The van der Waals surface area contributed by atoms with Crippen LogP contribution in [-0.4, -0.2) is 35.8 Å². The van der Waals surface area contributed by atoms with Crippen LogP contribution in [0.1, 0.15) is 51.2 Å². The number of halogens is 4. The molecule has 2 atom stereocenters. The second-order valence-electron chi connectivity index (χ2n) is 10.3. The Morgan fingerprint density at radius 2 is 1.76 bits per heavy atom. The highest BCUT2D eigenvalue weighted by molar-refractivity contribution is 6.02. The molecule has 0 radical (unpaired) electrons. The van der Waals surface area contributed by atoms with Gasteiger partial charge in [-0.2, -0.15) is 0 Å². The molecule has 2 aliphatic rings. The van der Waals surface area contributed by atoms with Gasteiger partial charge in [0.1, 0.15) is 23.7 Å². The summed E-state index contributed by atoms with van der Waals surface area (Å²) >= 11 is 0. The van der Waals surface area contributed by atoms with E-state index in [4.69, 9.17) is 0 Å². The fourth-order valence-electron chi connectivity index (χ4n) is 4.57. The minimum absolute atomic E-state index is 0.126. The van der Waals surface area contributed by atoms with Crippen LogP contribution in [0.5, 0.6) is 0 Å². The van der Waals surface area contributed by atoms with Crippen molar-refractivity contribution < 1.29 is 31.9 Å². The van der Waals surface area contributed by atoms with Crippen LogP contribution >= 0.6 is 0 Å². The van der Waals surface area contributed by atoms with Gasteiger partial charge in [-0.05, 0) is 51.2 Å². The van der Waals surface area contributed by atoms with Gasteiger partial charge in [-0.1, -0.05) is 25.1 Å². The first-order valence-electron chi connectivity index (χ1n) is 12.3. The van der Waals surface area contributed by atoms with Gasteiger partial charge < -0.3 is 15.5 Å². The molecule has 1 heterocycles. The van der Waals surface area contributed by atoms with E-state index in [1.54, 1.807) is 26.8 Å². The van der Waals surface area contributed by atoms with E-state index in [0.29, 0.717) is 18.9 Å². The first-order valence-corrected chi connectivity index (χ1v) is 12.3. The summed E-state index contributed by atoms with van der Waals surface area (Å²) in [5.74, 6) is -6.03. The molecule has 2 N–H and O–H groups in total. The number of carbonyl (C=O) groups is 3. The highest BCUT2D eigenvalue weighted by atomic mass is 19.2. The zero-order chi connectivity index (χ0) is 27.1. The summed E-state index contributed by atoms with van der Waals surface area (Å²) in [6, 6.07) is 3.20. The normalized spacial score (nSPS) is 19.2. The monoisotopic (exact) mass is 519 g/mol. The number of benzene rings is 2. The van der Waals surface area contributed by atoms with Gasteiger partial charge in [-0.15, -0.1) is 0 Å². The average Bonchev–Trinajstić information content (AvgIpc) is 3.61. The van der Waals surface area contributed by atoms with Crippen LogP contribution in [0.25, 0.3) is 0 Å². The molecule has 3 amide bonds. The molecule has 2 aromatic rings. The Labute approximate surface area is 212 Å². The van der Waals surface area contributed by atoms with Crippen molar-refractivity contribution in [3.63, 3.8) is 0 Å². The predicted molar refractivity (Wildman–Crippen MR) is 129 cm³/mol. The summed E-state index contributed by atoms with van der Waals surface area (Å²) in [7, 11) is 0. The Morgan fingerprint density at radius 3 is 2.38 bits per heavy atom. The van der Waals surface area contributed by atoms with E-state index in [2.05, 4.69) is 10.6 Å². The van der Waals surface area contributed by atoms with Gasteiger partial charge in [0.25, 0.3) is 0 Å². The van der Waals surface area contributed by atoms with Crippen molar-refractivity contribution >= 4 is 23.4 Å². The molecule has 2 aromatic carbocycles. The number of anilines is 1. The van der Waals surface area contributed by atoms with Gasteiger partial charge in [0.05, 0.1) is 5.69 Å². The van der Waals surface area contributed by atoms with Gasteiger partial charge in [-0.3, -0.25) is 14.4 Å². The Bertz CT molecular complexity index is 1250. The molecule has 4 rings (SSSR count). The first kappa shape index (κ1) is 26.6. The van der Waals surface area contributed by atoms with Gasteiger partial charge >= 0.3 is 0 Å². The summed E-state index contributed by atoms with van der Waals surface area (Å²) in [4.78, 5) is 40.6. The molecule has 10 heteroatoms. The molecule has 0 saturated heterocycles. The summed E-state index contributed by atoms with van der Waals surface area (Å²) in [6.07, 6.45) is 0.813. The topological polar surface area (TPSA) is 78.5 Å². The largest absolute Gasteiger partial charge is 0.344 e. The van der Waals surface area contributed by atoms with E-state index in [9.17, 15) is 31.9 Å². The summed E-state index contributed by atoms with van der Waals surface area (Å²) in [5.41, 5.74) is -1.05. The van der Waals surface area contributed by atoms with E-state index < -0.39 is 58.6 Å². The lowest BCUT2D eigenvalue weighted by molar-refractivity contribution is -0.133. The van der Waals surface area contributed by atoms with Gasteiger partial charge in [-0.25, -0.2) is 17.6 Å². The maximum atomic E-state index is 14.8. The zero-order valence-electron chi connectivity index (χ0n) is 20.8. The van der Waals surface area contributed by atoms with Crippen molar-refractivity contribution in [2.24, 2.45) is 5.41 Å². The van der Waals surface area contributed by atoms with Gasteiger partial charge in [0.15, 0.2) is 11.6 Å². The lowest BCUT2D eigenvalue weighted by Gasteiger charge is -2.31. The van der Waals surface area contributed by atoms with Crippen molar-refractivity contribution in [2.75, 3.05) is 4.90 Å². The minimum Gasteiger partial charge on any atom is -0.344 e. The van der Waals surface area contributed by atoms with Crippen molar-refractivity contribution in [3.8, 4) is 0 Å². The number of nitrogens with zero attached hydrogens (tertiary/aromatic N) is 1. The van der Waals surface area contributed by atoms with Crippen LogP contribution in [0.3, 0.4) is 0 Å². The molecular formula is C27H29F4N3O3. The molecule has 6 nitrogen and oxygen atoms in total. The minimum atomic E-state index is -1.36. The van der Waals surface area contributed by atoms with E-state index in [0.717, 1.165) is 4.90 Å². The molecule has 1 saturated carbocycles. The molecule has 0 aromatic heterocycles.